The zero-order chi connectivity index (χ0) is 12.4. The molecule has 3 rings (SSSR count). The van der Waals surface area contributed by atoms with Crippen LogP contribution >= 0.6 is 0 Å². The Hall–Kier alpha value is -1.02. The Morgan fingerprint density at radius 2 is 1.72 bits per heavy atom. The molecule has 2 aliphatic rings. The summed E-state index contributed by atoms with van der Waals surface area (Å²) in [6.07, 6.45) is 8.86. The van der Waals surface area contributed by atoms with Crippen LogP contribution in [-0.4, -0.2) is 11.7 Å². The maximum atomic E-state index is 10.6. The molecule has 1 aliphatic heterocycles. The van der Waals surface area contributed by atoms with Crippen LogP contribution in [0.2, 0.25) is 0 Å². The Balaban J connectivity index is 1.87. The van der Waals surface area contributed by atoms with Gasteiger partial charge in [-0.2, -0.15) is 0 Å². The third-order valence-electron chi connectivity index (χ3n) is 4.58. The summed E-state index contributed by atoms with van der Waals surface area (Å²) in [4.78, 5) is 0. The van der Waals surface area contributed by atoms with E-state index in [0.29, 0.717) is 17.7 Å². The van der Waals surface area contributed by atoms with Crippen molar-refractivity contribution >= 4 is 0 Å². The Morgan fingerprint density at radius 3 is 2.44 bits per heavy atom. The lowest BCUT2D eigenvalue weighted by Crippen LogP contribution is -2.14. The molecule has 2 N–H and O–H groups in total. The van der Waals surface area contributed by atoms with E-state index in [0.717, 1.165) is 18.5 Å². The van der Waals surface area contributed by atoms with Crippen molar-refractivity contribution in [3.63, 3.8) is 0 Å². The van der Waals surface area contributed by atoms with Gasteiger partial charge in [0.2, 0.25) is 0 Å². The highest BCUT2D eigenvalue weighted by Gasteiger charge is 2.24. The van der Waals surface area contributed by atoms with Crippen molar-refractivity contribution in [2.75, 3.05) is 6.54 Å². The minimum Gasteiger partial charge on any atom is -0.507 e. The second-order valence-corrected chi connectivity index (χ2v) is 5.77. The fourth-order valence-electron chi connectivity index (χ4n) is 3.55. The number of rotatable bonds is 2. The van der Waals surface area contributed by atoms with Gasteiger partial charge in [0.15, 0.2) is 0 Å². The van der Waals surface area contributed by atoms with Gasteiger partial charge in [-0.25, -0.2) is 0 Å². The van der Waals surface area contributed by atoms with E-state index in [4.69, 9.17) is 0 Å². The average Bonchev–Trinajstić information content (AvgIpc) is 2.94. The zero-order valence-corrected chi connectivity index (χ0v) is 11.0. The lowest BCUT2D eigenvalue weighted by molar-refractivity contribution is 0.407. The minimum atomic E-state index is 0.369. The molecule has 2 fully saturated rings. The van der Waals surface area contributed by atoms with Crippen molar-refractivity contribution in [3.05, 3.63) is 29.3 Å². The van der Waals surface area contributed by atoms with Crippen molar-refractivity contribution in [3.8, 4) is 5.75 Å². The Labute approximate surface area is 109 Å². The molecular weight excluding hydrogens is 222 g/mol. The number of phenolic OH excluding ortho intramolecular Hbond substituents is 1. The first-order valence-electron chi connectivity index (χ1n) is 7.41. The molecule has 1 aromatic rings. The lowest BCUT2D eigenvalue weighted by Gasteiger charge is -2.24. The molecule has 1 aliphatic carbocycles. The molecular formula is C16H23NO. The van der Waals surface area contributed by atoms with Gasteiger partial charge in [0.25, 0.3) is 0 Å². The molecule has 2 nitrogen and oxygen atoms in total. The topological polar surface area (TPSA) is 32.3 Å². The highest BCUT2D eigenvalue weighted by atomic mass is 16.3. The van der Waals surface area contributed by atoms with Crippen LogP contribution in [0.1, 0.15) is 68.0 Å². The van der Waals surface area contributed by atoms with Gasteiger partial charge in [0, 0.05) is 11.6 Å². The number of hydrogen-bond acceptors (Lipinski definition) is 2. The lowest BCUT2D eigenvalue weighted by atomic mass is 9.82. The molecule has 0 spiro atoms. The highest BCUT2D eigenvalue weighted by molar-refractivity contribution is 5.44. The number of para-hydroxylation sites is 1. The molecule has 98 valence electrons. The summed E-state index contributed by atoms with van der Waals surface area (Å²) in [6, 6.07) is 6.71. The SMILES string of the molecule is Oc1c(C2CCCCC2)cccc1[C@H]1CCCN1. The largest absolute Gasteiger partial charge is 0.507 e. The summed E-state index contributed by atoms with van der Waals surface area (Å²) < 4.78 is 0. The molecule has 1 heterocycles. The van der Waals surface area contributed by atoms with Crippen LogP contribution in [-0.2, 0) is 0 Å². The predicted octanol–water partition coefficient (Wildman–Crippen LogP) is 3.86. The molecule has 1 atom stereocenters. The smallest absolute Gasteiger partial charge is 0.123 e. The molecule has 1 saturated carbocycles. The first-order chi connectivity index (χ1) is 8.86. The highest BCUT2D eigenvalue weighted by Crippen LogP contribution is 2.41. The van der Waals surface area contributed by atoms with Crippen LogP contribution in [0.25, 0.3) is 0 Å². The second kappa shape index (κ2) is 5.31. The van der Waals surface area contributed by atoms with Crippen molar-refractivity contribution in [1.82, 2.24) is 5.32 Å². The Bertz CT molecular complexity index is 404. The van der Waals surface area contributed by atoms with E-state index in [2.05, 4.69) is 23.5 Å². The van der Waals surface area contributed by atoms with E-state index in [1.165, 1.54) is 44.1 Å². The number of hydrogen-bond donors (Lipinski definition) is 2. The monoisotopic (exact) mass is 245 g/mol. The summed E-state index contributed by atoms with van der Waals surface area (Å²) >= 11 is 0. The van der Waals surface area contributed by atoms with E-state index in [9.17, 15) is 5.11 Å². The van der Waals surface area contributed by atoms with Gasteiger partial charge < -0.3 is 10.4 Å². The third-order valence-corrected chi connectivity index (χ3v) is 4.58. The first-order valence-corrected chi connectivity index (χ1v) is 7.41. The van der Waals surface area contributed by atoms with Crippen molar-refractivity contribution in [1.29, 1.82) is 0 Å². The summed E-state index contributed by atoms with van der Waals surface area (Å²) in [7, 11) is 0. The minimum absolute atomic E-state index is 0.369. The maximum absolute atomic E-state index is 10.6. The van der Waals surface area contributed by atoms with Crippen LogP contribution in [0.4, 0.5) is 0 Å². The fourth-order valence-corrected chi connectivity index (χ4v) is 3.55. The average molecular weight is 245 g/mol. The van der Waals surface area contributed by atoms with Gasteiger partial charge in [-0.3, -0.25) is 0 Å². The molecule has 0 amide bonds. The van der Waals surface area contributed by atoms with Gasteiger partial charge >= 0.3 is 0 Å². The van der Waals surface area contributed by atoms with E-state index >= 15 is 0 Å². The van der Waals surface area contributed by atoms with Gasteiger partial charge in [-0.05, 0) is 43.7 Å². The summed E-state index contributed by atoms with van der Waals surface area (Å²) in [5, 5.41) is 14.0. The van der Waals surface area contributed by atoms with Crippen LogP contribution in [0.5, 0.6) is 5.75 Å². The van der Waals surface area contributed by atoms with E-state index in [1.54, 1.807) is 0 Å². The van der Waals surface area contributed by atoms with Crippen LogP contribution < -0.4 is 5.32 Å². The molecule has 1 aromatic carbocycles. The summed E-state index contributed by atoms with van der Waals surface area (Å²) in [5.41, 5.74) is 2.32. The third kappa shape index (κ3) is 2.26. The van der Waals surface area contributed by atoms with Crippen LogP contribution in [0, 0.1) is 0 Å². The normalized spacial score (nSPS) is 25.4. The molecule has 1 saturated heterocycles. The summed E-state index contributed by atoms with van der Waals surface area (Å²) in [5.74, 6) is 1.16. The Kier molecular flexibility index (Phi) is 3.55. The van der Waals surface area contributed by atoms with Crippen LogP contribution in [0.3, 0.4) is 0 Å². The van der Waals surface area contributed by atoms with Gasteiger partial charge in [0.1, 0.15) is 5.75 Å². The first kappa shape index (κ1) is 12.0. The number of nitrogens with one attached hydrogen (secondary N) is 1. The fraction of sp³-hybridized carbons (Fsp3) is 0.625. The zero-order valence-electron chi connectivity index (χ0n) is 11.0. The molecule has 0 radical (unpaired) electrons. The predicted molar refractivity (Wildman–Crippen MR) is 73.9 cm³/mol. The number of benzene rings is 1. The van der Waals surface area contributed by atoms with E-state index in [-0.39, 0.29) is 0 Å². The van der Waals surface area contributed by atoms with E-state index in [1.807, 2.05) is 0 Å². The quantitative estimate of drug-likeness (QED) is 0.829. The number of phenols is 1. The molecule has 2 heteroatoms. The number of aromatic hydroxyl groups is 1. The van der Waals surface area contributed by atoms with Gasteiger partial charge in [-0.15, -0.1) is 0 Å². The van der Waals surface area contributed by atoms with E-state index < -0.39 is 0 Å². The van der Waals surface area contributed by atoms with Crippen molar-refractivity contribution < 1.29 is 5.11 Å². The second-order valence-electron chi connectivity index (χ2n) is 5.77. The van der Waals surface area contributed by atoms with Gasteiger partial charge in [0.05, 0.1) is 0 Å². The maximum Gasteiger partial charge on any atom is 0.123 e. The Morgan fingerprint density at radius 1 is 0.944 bits per heavy atom. The summed E-state index contributed by atoms with van der Waals surface area (Å²) in [6.45, 7) is 1.08. The molecule has 0 unspecified atom stereocenters. The molecule has 18 heavy (non-hydrogen) atoms. The molecule has 0 bridgehead atoms. The van der Waals surface area contributed by atoms with Gasteiger partial charge in [-0.1, -0.05) is 37.5 Å². The van der Waals surface area contributed by atoms with Crippen molar-refractivity contribution in [2.24, 2.45) is 0 Å². The molecule has 0 aromatic heterocycles. The standard InChI is InChI=1S/C16H23NO/c18-16-13(12-6-2-1-3-7-12)8-4-9-14(16)15-10-5-11-17-15/h4,8-9,12,15,17-18H,1-3,5-7,10-11H2/t15-/m1/s1. The van der Waals surface area contributed by atoms with Crippen LogP contribution in [0.15, 0.2) is 18.2 Å². The van der Waals surface area contributed by atoms with Crippen molar-refractivity contribution in [2.45, 2.75) is 56.9 Å².